The number of hydrogen-bond acceptors (Lipinski definition) is 9. The standard InChI is InChI=1S/C8H6O4.C6H14O3.C6H14O2.C5H12O2/c9-7(10)5-1-2-6(4-3-5)8(11)12;1-2-6(3-7,4-8)5-9;7-5-3-1-2-4-6-8;1-5(2,3-6)4-7/h1-4H,(H,9,10)(H,11,12);7-9H,2-5H2,1H3;7-8H,1-6H2;6-7H,3-4H2,1-2H3. The minimum atomic E-state index is -1.06. The van der Waals surface area contributed by atoms with Crippen LogP contribution in [0, 0.1) is 10.8 Å². The lowest BCUT2D eigenvalue weighted by atomic mass is 9.88. The topological polar surface area (TPSA) is 216 Å². The zero-order valence-electron chi connectivity index (χ0n) is 21.6. The molecular formula is C25H46O11. The number of aromatic carboxylic acids is 2. The fourth-order valence-corrected chi connectivity index (χ4v) is 1.87. The van der Waals surface area contributed by atoms with E-state index in [0.29, 0.717) is 6.42 Å². The van der Waals surface area contributed by atoms with Gasteiger partial charge in [-0.25, -0.2) is 9.59 Å². The molecule has 11 nitrogen and oxygen atoms in total. The predicted molar refractivity (Wildman–Crippen MR) is 135 cm³/mol. The van der Waals surface area contributed by atoms with E-state index in [4.69, 9.17) is 46.0 Å². The monoisotopic (exact) mass is 522 g/mol. The number of aliphatic hydroxyl groups excluding tert-OH is 7. The fourth-order valence-electron chi connectivity index (χ4n) is 1.87. The van der Waals surface area contributed by atoms with Crippen molar-refractivity contribution in [3.05, 3.63) is 35.4 Å². The Morgan fingerprint density at radius 2 is 0.917 bits per heavy atom. The third kappa shape index (κ3) is 20.1. The molecule has 1 aromatic rings. The maximum atomic E-state index is 10.3. The van der Waals surface area contributed by atoms with Crippen molar-refractivity contribution in [3.8, 4) is 0 Å². The summed E-state index contributed by atoms with van der Waals surface area (Å²) in [4.78, 5) is 20.7. The summed E-state index contributed by atoms with van der Waals surface area (Å²) in [5.74, 6) is -2.13. The quantitative estimate of drug-likeness (QED) is 0.166. The van der Waals surface area contributed by atoms with Crippen LogP contribution in [0.2, 0.25) is 0 Å². The van der Waals surface area contributed by atoms with Crippen molar-refractivity contribution < 1.29 is 55.5 Å². The van der Waals surface area contributed by atoms with Crippen molar-refractivity contribution >= 4 is 11.9 Å². The van der Waals surface area contributed by atoms with Gasteiger partial charge in [0.05, 0.1) is 44.2 Å². The first-order chi connectivity index (χ1) is 16.9. The number of aliphatic hydroxyl groups is 7. The van der Waals surface area contributed by atoms with Crippen LogP contribution in [0.3, 0.4) is 0 Å². The number of rotatable bonds is 13. The first-order valence-corrected chi connectivity index (χ1v) is 11.7. The van der Waals surface area contributed by atoms with Gasteiger partial charge in [0.2, 0.25) is 0 Å². The van der Waals surface area contributed by atoms with Crippen LogP contribution in [0.4, 0.5) is 0 Å². The molecule has 1 aromatic carbocycles. The Morgan fingerprint density at radius 3 is 1.03 bits per heavy atom. The minimum Gasteiger partial charge on any atom is -0.478 e. The van der Waals surface area contributed by atoms with Crippen LogP contribution in [-0.2, 0) is 0 Å². The van der Waals surface area contributed by atoms with E-state index in [9.17, 15) is 9.59 Å². The summed E-state index contributed by atoms with van der Waals surface area (Å²) in [7, 11) is 0. The molecule has 0 saturated heterocycles. The van der Waals surface area contributed by atoms with Crippen molar-refractivity contribution in [3.63, 3.8) is 0 Å². The van der Waals surface area contributed by atoms with Gasteiger partial charge in [-0.3, -0.25) is 0 Å². The molecule has 0 aromatic heterocycles. The fraction of sp³-hybridized carbons (Fsp3) is 0.680. The first kappa shape index (κ1) is 38.4. The van der Waals surface area contributed by atoms with Crippen LogP contribution in [0.25, 0.3) is 0 Å². The van der Waals surface area contributed by atoms with Crippen LogP contribution < -0.4 is 0 Å². The molecule has 0 bridgehead atoms. The third-order valence-corrected chi connectivity index (χ3v) is 5.06. The van der Waals surface area contributed by atoms with E-state index in [2.05, 4.69) is 0 Å². The Kier molecular flexibility index (Phi) is 24.8. The molecule has 1 rings (SSSR count). The lowest BCUT2D eigenvalue weighted by molar-refractivity contribution is 0.00303. The van der Waals surface area contributed by atoms with Gasteiger partial charge in [0, 0.05) is 24.0 Å². The summed E-state index contributed by atoms with van der Waals surface area (Å²) in [6, 6.07) is 5.02. The summed E-state index contributed by atoms with van der Waals surface area (Å²) < 4.78 is 0. The highest BCUT2D eigenvalue weighted by Crippen LogP contribution is 2.18. The summed E-state index contributed by atoms with van der Waals surface area (Å²) in [5.41, 5.74) is -0.806. The molecule has 0 aliphatic rings. The molecule has 0 amide bonds. The molecule has 9 N–H and O–H groups in total. The second-order valence-electron chi connectivity index (χ2n) is 8.86. The number of carboxylic acids is 2. The van der Waals surface area contributed by atoms with E-state index >= 15 is 0 Å². The molecule has 0 radical (unpaired) electrons. The highest BCUT2D eigenvalue weighted by Gasteiger charge is 2.24. The average Bonchev–Trinajstić information content (AvgIpc) is 2.89. The summed E-state index contributed by atoms with van der Waals surface area (Å²) >= 11 is 0. The Balaban J connectivity index is -0.000000414. The van der Waals surface area contributed by atoms with Gasteiger partial charge in [0.1, 0.15) is 0 Å². The Bertz CT molecular complexity index is 594. The van der Waals surface area contributed by atoms with Crippen LogP contribution in [-0.4, -0.2) is 104 Å². The van der Waals surface area contributed by atoms with E-state index in [0.717, 1.165) is 25.7 Å². The second kappa shape index (κ2) is 23.3. The van der Waals surface area contributed by atoms with Crippen LogP contribution in [0.1, 0.15) is 73.6 Å². The van der Waals surface area contributed by atoms with Crippen LogP contribution >= 0.6 is 0 Å². The van der Waals surface area contributed by atoms with E-state index in [1.807, 2.05) is 6.92 Å². The lowest BCUT2D eigenvalue weighted by Gasteiger charge is -2.24. The molecule has 0 unspecified atom stereocenters. The van der Waals surface area contributed by atoms with Crippen molar-refractivity contribution in [1.82, 2.24) is 0 Å². The summed E-state index contributed by atoms with van der Waals surface area (Å²) in [6.07, 6.45) is 4.42. The van der Waals surface area contributed by atoms with Gasteiger partial charge in [-0.05, 0) is 43.5 Å². The zero-order valence-corrected chi connectivity index (χ0v) is 21.6. The smallest absolute Gasteiger partial charge is 0.335 e. The molecular weight excluding hydrogens is 476 g/mol. The molecule has 0 fully saturated rings. The number of hydrogen-bond donors (Lipinski definition) is 9. The van der Waals surface area contributed by atoms with Crippen molar-refractivity contribution in [1.29, 1.82) is 0 Å². The summed E-state index contributed by atoms with van der Waals surface area (Å²) in [6.45, 7) is 5.61. The number of unbranched alkanes of at least 4 members (excludes halogenated alkanes) is 3. The molecule has 36 heavy (non-hydrogen) atoms. The van der Waals surface area contributed by atoms with Gasteiger partial charge in [-0.15, -0.1) is 0 Å². The van der Waals surface area contributed by atoms with Gasteiger partial charge in [-0.1, -0.05) is 33.6 Å². The predicted octanol–water partition coefficient (Wildman–Crippen LogP) is 0.971. The van der Waals surface area contributed by atoms with Crippen molar-refractivity contribution in [2.45, 2.75) is 52.9 Å². The Hall–Kier alpha value is -2.12. The molecule has 0 aliphatic heterocycles. The number of carbonyl (C=O) groups is 2. The largest absolute Gasteiger partial charge is 0.478 e. The molecule has 0 heterocycles. The van der Waals surface area contributed by atoms with Crippen LogP contribution in [0.15, 0.2) is 24.3 Å². The number of carboxylic acid groups (broad SMARTS) is 2. The van der Waals surface area contributed by atoms with E-state index in [1.54, 1.807) is 13.8 Å². The molecule has 0 aliphatic carbocycles. The van der Waals surface area contributed by atoms with Gasteiger partial charge >= 0.3 is 11.9 Å². The van der Waals surface area contributed by atoms with Gasteiger partial charge < -0.3 is 46.0 Å². The normalized spacial score (nSPS) is 10.6. The van der Waals surface area contributed by atoms with Crippen molar-refractivity contribution in [2.24, 2.45) is 10.8 Å². The second-order valence-corrected chi connectivity index (χ2v) is 8.86. The Morgan fingerprint density at radius 1 is 0.611 bits per heavy atom. The third-order valence-electron chi connectivity index (χ3n) is 5.06. The highest BCUT2D eigenvalue weighted by molar-refractivity contribution is 5.91. The molecule has 11 heteroatoms. The highest BCUT2D eigenvalue weighted by atomic mass is 16.4. The Labute approximate surface area is 213 Å². The number of benzene rings is 1. The maximum absolute atomic E-state index is 10.3. The van der Waals surface area contributed by atoms with E-state index < -0.39 is 17.4 Å². The SMILES string of the molecule is CC(C)(CO)CO.CCC(CO)(CO)CO.O=C(O)c1ccc(C(=O)O)cc1.OCCCCCCO. The summed E-state index contributed by atoms with van der Waals surface area (Å²) in [5, 5.41) is 76.4. The molecule has 0 spiro atoms. The lowest BCUT2D eigenvalue weighted by Crippen LogP contribution is -2.32. The molecule has 0 saturated carbocycles. The zero-order chi connectivity index (χ0) is 28.6. The molecule has 0 atom stereocenters. The van der Waals surface area contributed by atoms with Gasteiger partial charge in [-0.2, -0.15) is 0 Å². The van der Waals surface area contributed by atoms with Crippen LogP contribution in [0.5, 0.6) is 0 Å². The maximum Gasteiger partial charge on any atom is 0.335 e. The van der Waals surface area contributed by atoms with Gasteiger partial charge in [0.25, 0.3) is 0 Å². The molecule has 212 valence electrons. The van der Waals surface area contributed by atoms with E-state index in [1.165, 1.54) is 24.3 Å². The van der Waals surface area contributed by atoms with E-state index in [-0.39, 0.29) is 62.8 Å². The van der Waals surface area contributed by atoms with Gasteiger partial charge in [0.15, 0.2) is 0 Å². The van der Waals surface area contributed by atoms with Crippen molar-refractivity contribution in [2.75, 3.05) is 46.2 Å². The average molecular weight is 523 g/mol. The minimum absolute atomic E-state index is 0.0451. The first-order valence-electron chi connectivity index (χ1n) is 11.7.